The molecule has 1 aromatic heterocycles. The van der Waals surface area contributed by atoms with Crippen LogP contribution in [0.25, 0.3) is 0 Å². The normalized spacial score (nSPS) is 13.9. The molecular formula is C21H23N3O4. The Morgan fingerprint density at radius 2 is 2.04 bits per heavy atom. The summed E-state index contributed by atoms with van der Waals surface area (Å²) in [6, 6.07) is 8.16. The maximum Gasteiger partial charge on any atom is 0.338 e. The Morgan fingerprint density at radius 3 is 2.68 bits per heavy atom. The fourth-order valence-corrected chi connectivity index (χ4v) is 3.72. The molecule has 0 spiro atoms. The average molecular weight is 381 g/mol. The van der Waals surface area contributed by atoms with Crippen LogP contribution < -0.4 is 5.32 Å². The molecule has 0 atom stereocenters. The Labute approximate surface area is 163 Å². The van der Waals surface area contributed by atoms with Gasteiger partial charge < -0.3 is 19.7 Å². The van der Waals surface area contributed by atoms with Crippen molar-refractivity contribution < 1.29 is 19.4 Å². The maximum absolute atomic E-state index is 12.4. The molecule has 1 aliphatic carbocycles. The number of rotatable bonds is 5. The lowest BCUT2D eigenvalue weighted by molar-refractivity contribution is -0.119. The molecular weight excluding hydrogens is 358 g/mol. The van der Waals surface area contributed by atoms with Gasteiger partial charge >= 0.3 is 5.97 Å². The second kappa shape index (κ2) is 8.17. The van der Waals surface area contributed by atoms with Gasteiger partial charge in [0.05, 0.1) is 11.1 Å². The maximum atomic E-state index is 12.4. The summed E-state index contributed by atoms with van der Waals surface area (Å²) < 4.78 is 7.08. The number of carbonyl (C=O) groups is 2. The number of hydrogen-bond donors (Lipinski definition) is 2. The fraction of sp³-hybridized carbons (Fsp3) is 0.381. The topological polar surface area (TPSA) is 104 Å². The number of esters is 1. The first kappa shape index (κ1) is 19.5. The first-order valence-electron chi connectivity index (χ1n) is 9.30. The number of phenols is 1. The van der Waals surface area contributed by atoms with E-state index in [1.807, 2.05) is 18.4 Å². The number of nitrogens with zero attached hydrogens (tertiary/aromatic N) is 2. The summed E-state index contributed by atoms with van der Waals surface area (Å²) in [5.74, 6) is -0.799. The van der Waals surface area contributed by atoms with Gasteiger partial charge in [-0.2, -0.15) is 5.26 Å². The third-order valence-corrected chi connectivity index (χ3v) is 5.23. The Kier molecular flexibility index (Phi) is 5.69. The molecule has 1 heterocycles. The van der Waals surface area contributed by atoms with Crippen molar-refractivity contribution >= 4 is 17.7 Å². The second-order valence-electron chi connectivity index (χ2n) is 7.03. The number of amides is 1. The average Bonchev–Trinajstić information content (AvgIpc) is 3.27. The van der Waals surface area contributed by atoms with Gasteiger partial charge in [-0.05, 0) is 50.5 Å². The number of nitrogens with one attached hydrogen (secondary N) is 1. The molecule has 1 aliphatic rings. The van der Waals surface area contributed by atoms with Gasteiger partial charge in [-0.15, -0.1) is 0 Å². The van der Waals surface area contributed by atoms with E-state index in [0.29, 0.717) is 11.4 Å². The molecule has 3 rings (SSSR count). The molecule has 7 nitrogen and oxygen atoms in total. The largest absolute Gasteiger partial charge is 0.508 e. The molecule has 1 amide bonds. The van der Waals surface area contributed by atoms with Crippen molar-refractivity contribution in [2.24, 2.45) is 0 Å². The number of nitriles is 1. The molecule has 0 saturated heterocycles. The lowest BCUT2D eigenvalue weighted by Crippen LogP contribution is -2.23. The molecule has 0 radical (unpaired) electrons. The third kappa shape index (κ3) is 3.86. The fourth-order valence-electron chi connectivity index (χ4n) is 3.72. The second-order valence-corrected chi connectivity index (χ2v) is 7.03. The van der Waals surface area contributed by atoms with Crippen molar-refractivity contribution in [1.29, 1.82) is 5.26 Å². The van der Waals surface area contributed by atoms with Crippen LogP contribution in [0.5, 0.6) is 5.75 Å². The summed E-state index contributed by atoms with van der Waals surface area (Å²) >= 11 is 0. The van der Waals surface area contributed by atoms with Crippen LogP contribution >= 0.6 is 0 Å². The molecule has 146 valence electrons. The summed E-state index contributed by atoms with van der Waals surface area (Å²) in [4.78, 5) is 24.5. The number of benzene rings is 1. The minimum atomic E-state index is -0.704. The first-order valence-corrected chi connectivity index (χ1v) is 9.30. The molecule has 1 aromatic carbocycles. The van der Waals surface area contributed by atoms with Crippen LogP contribution in [-0.4, -0.2) is 28.2 Å². The minimum Gasteiger partial charge on any atom is -0.508 e. The van der Waals surface area contributed by atoms with E-state index in [9.17, 15) is 20.0 Å². The summed E-state index contributed by atoms with van der Waals surface area (Å²) in [6.45, 7) is 3.34. The van der Waals surface area contributed by atoms with Crippen molar-refractivity contribution in [2.45, 2.75) is 45.6 Å². The summed E-state index contributed by atoms with van der Waals surface area (Å²) in [7, 11) is 0. The van der Waals surface area contributed by atoms with Crippen molar-refractivity contribution in [3.63, 3.8) is 0 Å². The zero-order chi connectivity index (χ0) is 20.3. The van der Waals surface area contributed by atoms with E-state index in [1.165, 1.54) is 24.3 Å². The van der Waals surface area contributed by atoms with Crippen LogP contribution in [0, 0.1) is 25.2 Å². The highest BCUT2D eigenvalue weighted by Crippen LogP contribution is 2.37. The first-order chi connectivity index (χ1) is 13.4. The Morgan fingerprint density at radius 1 is 1.32 bits per heavy atom. The van der Waals surface area contributed by atoms with Crippen molar-refractivity contribution in [3.05, 3.63) is 46.6 Å². The van der Waals surface area contributed by atoms with E-state index >= 15 is 0 Å². The molecule has 2 N–H and O–H groups in total. The van der Waals surface area contributed by atoms with Gasteiger partial charge in [0, 0.05) is 11.7 Å². The summed E-state index contributed by atoms with van der Waals surface area (Å²) in [5.41, 5.74) is 2.42. The molecule has 28 heavy (non-hydrogen) atoms. The van der Waals surface area contributed by atoms with Gasteiger partial charge in [-0.3, -0.25) is 4.79 Å². The lowest BCUT2D eigenvalue weighted by Gasteiger charge is -2.19. The highest BCUT2D eigenvalue weighted by Gasteiger charge is 2.26. The Balaban J connectivity index is 1.74. The van der Waals surface area contributed by atoms with E-state index in [2.05, 4.69) is 11.4 Å². The van der Waals surface area contributed by atoms with Gasteiger partial charge in [0.2, 0.25) is 0 Å². The third-order valence-electron chi connectivity index (χ3n) is 5.23. The Bertz CT molecular complexity index is 949. The number of aromatic nitrogens is 1. The predicted octanol–water partition coefficient (Wildman–Crippen LogP) is 3.59. The zero-order valence-corrected chi connectivity index (χ0v) is 16.0. The number of hydrogen-bond acceptors (Lipinski definition) is 5. The van der Waals surface area contributed by atoms with Crippen LogP contribution in [0.15, 0.2) is 24.3 Å². The van der Waals surface area contributed by atoms with Crippen molar-refractivity contribution in [3.8, 4) is 11.8 Å². The Hall–Kier alpha value is -3.27. The monoisotopic (exact) mass is 381 g/mol. The van der Waals surface area contributed by atoms with Gasteiger partial charge in [0.15, 0.2) is 6.61 Å². The molecule has 2 aromatic rings. The van der Waals surface area contributed by atoms with Crippen LogP contribution in [-0.2, 0) is 9.53 Å². The molecule has 0 bridgehead atoms. The summed E-state index contributed by atoms with van der Waals surface area (Å²) in [6.07, 6.45) is 4.26. The smallest absolute Gasteiger partial charge is 0.338 e. The minimum absolute atomic E-state index is 0.0575. The molecule has 1 fully saturated rings. The quantitative estimate of drug-likeness (QED) is 0.770. The highest BCUT2D eigenvalue weighted by atomic mass is 16.5. The van der Waals surface area contributed by atoms with Crippen LogP contribution in [0.2, 0.25) is 0 Å². The van der Waals surface area contributed by atoms with E-state index in [-0.39, 0.29) is 17.4 Å². The number of anilines is 1. The van der Waals surface area contributed by atoms with E-state index in [4.69, 9.17) is 4.74 Å². The highest BCUT2D eigenvalue weighted by molar-refractivity contribution is 5.96. The van der Waals surface area contributed by atoms with Gasteiger partial charge in [-0.1, -0.05) is 18.9 Å². The molecule has 7 heteroatoms. The number of aromatic hydroxyl groups is 1. The lowest BCUT2D eigenvalue weighted by atomic mass is 10.2. The van der Waals surface area contributed by atoms with E-state index < -0.39 is 18.5 Å². The van der Waals surface area contributed by atoms with Gasteiger partial charge in [0.1, 0.15) is 17.6 Å². The standard InChI is InChI=1S/C21H23N3O4/c1-13-14(2)24(16-7-3-4-8-16)20(18(13)11-22)23-19(26)12-28-21(27)15-6-5-9-17(25)10-15/h5-6,9-10,16,25H,3-4,7-8,12H2,1-2H3,(H,23,26). The van der Waals surface area contributed by atoms with E-state index in [0.717, 1.165) is 36.9 Å². The molecule has 0 aliphatic heterocycles. The van der Waals surface area contributed by atoms with Gasteiger partial charge in [0.25, 0.3) is 5.91 Å². The van der Waals surface area contributed by atoms with Crippen molar-refractivity contribution in [2.75, 3.05) is 11.9 Å². The van der Waals surface area contributed by atoms with Crippen LogP contribution in [0.3, 0.4) is 0 Å². The van der Waals surface area contributed by atoms with E-state index in [1.54, 1.807) is 0 Å². The number of carbonyl (C=O) groups excluding carboxylic acids is 2. The molecule has 0 unspecified atom stereocenters. The van der Waals surface area contributed by atoms with Gasteiger partial charge in [-0.25, -0.2) is 4.79 Å². The summed E-state index contributed by atoms with van der Waals surface area (Å²) in [5, 5.41) is 21.8. The SMILES string of the molecule is Cc1c(C#N)c(NC(=O)COC(=O)c2cccc(O)c2)n(C2CCCC2)c1C. The zero-order valence-electron chi connectivity index (χ0n) is 16.0. The van der Waals surface area contributed by atoms with Crippen molar-refractivity contribution in [1.82, 2.24) is 4.57 Å². The van der Waals surface area contributed by atoms with Crippen LogP contribution in [0.4, 0.5) is 5.82 Å². The number of ether oxygens (including phenoxy) is 1. The van der Waals surface area contributed by atoms with Crippen LogP contribution in [0.1, 0.15) is 58.9 Å². The number of phenolic OH excluding ortho intramolecular Hbond substituents is 1. The predicted molar refractivity (Wildman–Crippen MR) is 103 cm³/mol. The molecule has 1 saturated carbocycles.